The number of rotatable bonds is 3. The first-order valence-electron chi connectivity index (χ1n) is 4.54. The normalized spacial score (nSPS) is 12.0. The van der Waals surface area contributed by atoms with Crippen molar-refractivity contribution in [3.8, 4) is 0 Å². The van der Waals surface area contributed by atoms with Crippen LogP contribution in [0, 0.1) is 17.6 Å². The zero-order chi connectivity index (χ0) is 12.3. The molecule has 0 aromatic heterocycles. The van der Waals surface area contributed by atoms with Crippen molar-refractivity contribution in [2.75, 3.05) is 7.11 Å². The number of hydrogen-bond donors (Lipinski definition) is 0. The van der Waals surface area contributed by atoms with E-state index in [1.165, 1.54) is 6.92 Å². The number of halogens is 2. The van der Waals surface area contributed by atoms with Gasteiger partial charge in [-0.05, 0) is 25.1 Å². The minimum absolute atomic E-state index is 0.446. The fourth-order valence-corrected chi connectivity index (χ4v) is 1.20. The lowest BCUT2D eigenvalue weighted by atomic mass is 9.99. The van der Waals surface area contributed by atoms with Crippen molar-refractivity contribution < 1.29 is 23.1 Å². The molecular weight excluding hydrogens is 218 g/mol. The largest absolute Gasteiger partial charge is 0.468 e. The molecule has 16 heavy (non-hydrogen) atoms. The molecule has 1 unspecified atom stereocenters. The molecule has 86 valence electrons. The van der Waals surface area contributed by atoms with Gasteiger partial charge in [-0.2, -0.15) is 0 Å². The summed E-state index contributed by atoms with van der Waals surface area (Å²) >= 11 is 0. The van der Waals surface area contributed by atoms with Gasteiger partial charge in [-0.15, -0.1) is 0 Å². The average molecular weight is 228 g/mol. The summed E-state index contributed by atoms with van der Waals surface area (Å²) in [6.45, 7) is 1.28. The Morgan fingerprint density at radius 3 is 2.50 bits per heavy atom. The number of esters is 1. The van der Waals surface area contributed by atoms with E-state index in [1.807, 2.05) is 0 Å². The predicted octanol–water partition coefficient (Wildman–Crippen LogP) is 1.96. The van der Waals surface area contributed by atoms with E-state index in [4.69, 9.17) is 0 Å². The first-order chi connectivity index (χ1) is 7.47. The van der Waals surface area contributed by atoms with E-state index in [2.05, 4.69) is 4.74 Å². The number of benzene rings is 1. The maximum absolute atomic E-state index is 13.2. The summed E-state index contributed by atoms with van der Waals surface area (Å²) in [6, 6.07) is 2.50. The first kappa shape index (κ1) is 12.3. The molecule has 3 nitrogen and oxygen atoms in total. The number of hydrogen-bond acceptors (Lipinski definition) is 3. The van der Waals surface area contributed by atoms with Gasteiger partial charge in [-0.1, -0.05) is 0 Å². The Morgan fingerprint density at radius 2 is 1.94 bits per heavy atom. The van der Waals surface area contributed by atoms with Gasteiger partial charge < -0.3 is 4.74 Å². The van der Waals surface area contributed by atoms with Crippen molar-refractivity contribution in [3.05, 3.63) is 35.4 Å². The molecule has 0 aliphatic carbocycles. The SMILES string of the molecule is COC(=O)C(C)C(=O)c1cc(F)ccc1F. The number of ketones is 1. The van der Waals surface area contributed by atoms with Crippen LogP contribution in [0.2, 0.25) is 0 Å². The van der Waals surface area contributed by atoms with Crippen LogP contribution in [0.1, 0.15) is 17.3 Å². The van der Waals surface area contributed by atoms with E-state index >= 15 is 0 Å². The van der Waals surface area contributed by atoms with E-state index in [0.717, 1.165) is 25.3 Å². The molecule has 0 spiro atoms. The summed E-state index contributed by atoms with van der Waals surface area (Å²) in [5, 5.41) is 0. The Kier molecular flexibility index (Phi) is 3.71. The van der Waals surface area contributed by atoms with Crippen LogP contribution >= 0.6 is 0 Å². The van der Waals surface area contributed by atoms with Crippen molar-refractivity contribution >= 4 is 11.8 Å². The van der Waals surface area contributed by atoms with Gasteiger partial charge >= 0.3 is 5.97 Å². The quantitative estimate of drug-likeness (QED) is 0.451. The number of carbonyl (C=O) groups is 2. The standard InChI is InChI=1S/C11H10F2O3/c1-6(11(15)16-2)10(14)8-5-7(12)3-4-9(8)13/h3-6H,1-2H3. The third-order valence-electron chi connectivity index (χ3n) is 2.14. The molecule has 0 N–H and O–H groups in total. The monoisotopic (exact) mass is 228 g/mol. The van der Waals surface area contributed by atoms with Crippen LogP contribution in [0.3, 0.4) is 0 Å². The molecule has 5 heteroatoms. The van der Waals surface area contributed by atoms with Crippen LogP contribution < -0.4 is 0 Å². The van der Waals surface area contributed by atoms with Crippen molar-refractivity contribution in [1.29, 1.82) is 0 Å². The van der Waals surface area contributed by atoms with Crippen LogP contribution in [-0.2, 0) is 9.53 Å². The molecule has 0 fully saturated rings. The summed E-state index contributed by atoms with van der Waals surface area (Å²) in [5.41, 5.74) is -0.446. The summed E-state index contributed by atoms with van der Waals surface area (Å²) in [5.74, 6) is -4.33. The summed E-state index contributed by atoms with van der Waals surface area (Å²) in [7, 11) is 1.12. The number of Topliss-reactive ketones (excluding diaryl/α,β-unsaturated/α-hetero) is 1. The minimum Gasteiger partial charge on any atom is -0.468 e. The molecule has 0 saturated heterocycles. The minimum atomic E-state index is -1.15. The maximum atomic E-state index is 13.2. The molecule has 0 saturated carbocycles. The van der Waals surface area contributed by atoms with E-state index in [-0.39, 0.29) is 0 Å². The van der Waals surface area contributed by atoms with Gasteiger partial charge in [-0.3, -0.25) is 9.59 Å². The lowest BCUT2D eigenvalue weighted by Crippen LogP contribution is -2.23. The van der Waals surface area contributed by atoms with Crippen molar-refractivity contribution in [1.82, 2.24) is 0 Å². The molecule has 0 aliphatic rings. The van der Waals surface area contributed by atoms with Crippen LogP contribution in [0.4, 0.5) is 8.78 Å². The molecule has 1 atom stereocenters. The fourth-order valence-electron chi connectivity index (χ4n) is 1.20. The zero-order valence-electron chi connectivity index (χ0n) is 8.79. The lowest BCUT2D eigenvalue weighted by molar-refractivity contribution is -0.143. The zero-order valence-corrected chi connectivity index (χ0v) is 8.79. The molecule has 0 radical (unpaired) electrons. The molecule has 1 aromatic carbocycles. The topological polar surface area (TPSA) is 43.4 Å². The number of carbonyl (C=O) groups excluding carboxylic acids is 2. The van der Waals surface area contributed by atoms with Crippen LogP contribution in [0.5, 0.6) is 0 Å². The first-order valence-corrected chi connectivity index (χ1v) is 4.54. The molecular formula is C11H10F2O3. The Bertz CT molecular complexity index is 429. The van der Waals surface area contributed by atoms with E-state index in [0.29, 0.717) is 0 Å². The molecule has 0 aliphatic heterocycles. The number of methoxy groups -OCH3 is 1. The van der Waals surface area contributed by atoms with Crippen molar-refractivity contribution in [2.24, 2.45) is 5.92 Å². The Labute approximate surface area is 91.0 Å². The Morgan fingerprint density at radius 1 is 1.31 bits per heavy atom. The molecule has 1 aromatic rings. The summed E-state index contributed by atoms with van der Waals surface area (Å²) in [4.78, 5) is 22.7. The highest BCUT2D eigenvalue weighted by atomic mass is 19.1. The van der Waals surface area contributed by atoms with Gasteiger partial charge in [0, 0.05) is 0 Å². The molecule has 1 rings (SSSR count). The highest BCUT2D eigenvalue weighted by Gasteiger charge is 2.25. The van der Waals surface area contributed by atoms with Crippen LogP contribution in [0.15, 0.2) is 18.2 Å². The smallest absolute Gasteiger partial charge is 0.316 e. The second-order valence-electron chi connectivity index (χ2n) is 3.23. The maximum Gasteiger partial charge on any atom is 0.316 e. The predicted molar refractivity (Wildman–Crippen MR) is 51.9 cm³/mol. The van der Waals surface area contributed by atoms with Gasteiger partial charge in [0.25, 0.3) is 0 Å². The summed E-state index contributed by atoms with van der Waals surface area (Å²) in [6.07, 6.45) is 0. The average Bonchev–Trinajstić information content (AvgIpc) is 2.29. The third kappa shape index (κ3) is 2.42. The van der Waals surface area contributed by atoms with E-state index in [9.17, 15) is 18.4 Å². The van der Waals surface area contributed by atoms with Gasteiger partial charge in [0.2, 0.25) is 0 Å². The highest BCUT2D eigenvalue weighted by molar-refractivity contribution is 6.08. The third-order valence-corrected chi connectivity index (χ3v) is 2.14. The lowest BCUT2D eigenvalue weighted by Gasteiger charge is -2.08. The van der Waals surface area contributed by atoms with E-state index < -0.39 is 34.9 Å². The van der Waals surface area contributed by atoms with Crippen LogP contribution in [-0.4, -0.2) is 18.9 Å². The van der Waals surface area contributed by atoms with Gasteiger partial charge in [0.1, 0.15) is 17.6 Å². The Hall–Kier alpha value is -1.78. The molecule has 0 bridgehead atoms. The van der Waals surface area contributed by atoms with Crippen molar-refractivity contribution in [3.63, 3.8) is 0 Å². The van der Waals surface area contributed by atoms with Crippen molar-refractivity contribution in [2.45, 2.75) is 6.92 Å². The second-order valence-corrected chi connectivity index (χ2v) is 3.23. The van der Waals surface area contributed by atoms with E-state index in [1.54, 1.807) is 0 Å². The van der Waals surface area contributed by atoms with Gasteiger partial charge in [0.05, 0.1) is 12.7 Å². The Balaban J connectivity index is 3.05. The number of ether oxygens (including phenoxy) is 1. The van der Waals surface area contributed by atoms with Crippen LogP contribution in [0.25, 0.3) is 0 Å². The highest BCUT2D eigenvalue weighted by Crippen LogP contribution is 2.15. The summed E-state index contributed by atoms with van der Waals surface area (Å²) < 4.78 is 30.4. The fraction of sp³-hybridized carbons (Fsp3) is 0.273. The molecule has 0 heterocycles. The van der Waals surface area contributed by atoms with Gasteiger partial charge in [0.15, 0.2) is 5.78 Å². The molecule has 0 amide bonds. The van der Waals surface area contributed by atoms with Gasteiger partial charge in [-0.25, -0.2) is 8.78 Å². The second kappa shape index (κ2) is 4.83.